The van der Waals surface area contributed by atoms with E-state index in [0.717, 1.165) is 36.1 Å². The number of halogens is 4. The van der Waals surface area contributed by atoms with E-state index in [1.165, 1.54) is 21.9 Å². The van der Waals surface area contributed by atoms with Gasteiger partial charge in [-0.1, -0.05) is 63.9 Å². The minimum absolute atomic E-state index is 0.0576. The summed E-state index contributed by atoms with van der Waals surface area (Å²) >= 11 is 6.35. The van der Waals surface area contributed by atoms with E-state index in [1.807, 2.05) is 13.0 Å². The van der Waals surface area contributed by atoms with Gasteiger partial charge in [-0.2, -0.15) is 13.2 Å². The number of hydrogen-bond acceptors (Lipinski definition) is 7. The van der Waals surface area contributed by atoms with Crippen LogP contribution >= 0.6 is 11.6 Å². The summed E-state index contributed by atoms with van der Waals surface area (Å²) in [6.07, 6.45) is -3.14. The van der Waals surface area contributed by atoms with Gasteiger partial charge in [-0.05, 0) is 71.9 Å². The fraction of sp³-hybridized carbons (Fsp3) is 0.568. The highest BCUT2D eigenvalue weighted by molar-refractivity contribution is 6.31. The van der Waals surface area contributed by atoms with Crippen molar-refractivity contribution in [2.24, 2.45) is 17.3 Å². The van der Waals surface area contributed by atoms with Crippen LogP contribution in [-0.2, 0) is 43.2 Å². The van der Waals surface area contributed by atoms with E-state index >= 15 is 0 Å². The highest BCUT2D eigenvalue weighted by Gasteiger charge is 2.61. The fourth-order valence-corrected chi connectivity index (χ4v) is 7.34. The zero-order valence-electron chi connectivity index (χ0n) is 29.6. The lowest BCUT2D eigenvalue weighted by atomic mass is 9.85. The van der Waals surface area contributed by atoms with Crippen molar-refractivity contribution in [3.63, 3.8) is 0 Å². The number of ether oxygens (including phenoxy) is 1. The van der Waals surface area contributed by atoms with Crippen molar-refractivity contribution in [1.29, 1.82) is 0 Å². The zero-order chi connectivity index (χ0) is 37.6. The van der Waals surface area contributed by atoms with Crippen molar-refractivity contribution in [3.8, 4) is 0 Å². The molecule has 52 heavy (non-hydrogen) atoms. The van der Waals surface area contributed by atoms with Gasteiger partial charge < -0.3 is 20.3 Å². The van der Waals surface area contributed by atoms with Crippen molar-refractivity contribution in [2.45, 2.75) is 103 Å². The second-order valence-corrected chi connectivity index (χ2v) is 15.9. The molecule has 15 heteroatoms. The van der Waals surface area contributed by atoms with Crippen LogP contribution < -0.4 is 16.1 Å². The molecule has 2 aliphatic carbocycles. The number of anilines is 1. The van der Waals surface area contributed by atoms with Crippen molar-refractivity contribution >= 4 is 41.1 Å². The van der Waals surface area contributed by atoms with Crippen LogP contribution in [0.25, 0.3) is 0 Å². The molecule has 0 bridgehead atoms. The van der Waals surface area contributed by atoms with Gasteiger partial charge in [0.05, 0.1) is 25.3 Å². The molecule has 6 rings (SSSR count). The first-order valence-electron chi connectivity index (χ1n) is 17.7. The summed E-state index contributed by atoms with van der Waals surface area (Å²) in [6.45, 7) is 7.92. The first-order valence-corrected chi connectivity index (χ1v) is 18.1. The molecular formula is C37H45ClF3N5O6. The Kier molecular flexibility index (Phi) is 10.5. The number of rotatable bonds is 11. The summed E-state index contributed by atoms with van der Waals surface area (Å²) in [7, 11) is 0. The Labute approximate surface area is 305 Å². The number of carbonyl (C=O) groups excluding carboxylic acids is 4. The maximum atomic E-state index is 14.5. The number of carbonyl (C=O) groups is 4. The molecule has 2 aliphatic heterocycles. The van der Waals surface area contributed by atoms with E-state index in [2.05, 4.69) is 16.1 Å². The van der Waals surface area contributed by atoms with Gasteiger partial charge >= 0.3 is 12.3 Å². The second kappa shape index (κ2) is 14.4. The Balaban J connectivity index is 1.23. The van der Waals surface area contributed by atoms with Crippen LogP contribution in [0.2, 0.25) is 5.02 Å². The van der Waals surface area contributed by atoms with E-state index in [4.69, 9.17) is 21.2 Å². The molecule has 2 heterocycles. The molecule has 2 saturated carbocycles. The molecule has 0 unspecified atom stereocenters. The zero-order valence-corrected chi connectivity index (χ0v) is 30.4. The Morgan fingerprint density at radius 1 is 1.06 bits per heavy atom. The Hall–Kier alpha value is -4.04. The molecule has 4 amide bonds. The highest BCUT2D eigenvalue weighted by atomic mass is 35.5. The molecule has 3 N–H and O–H groups in total. The predicted molar refractivity (Wildman–Crippen MR) is 185 cm³/mol. The van der Waals surface area contributed by atoms with Gasteiger partial charge in [-0.25, -0.2) is 10.3 Å². The number of fused-ring (bicyclic) bond motifs is 1. The molecule has 5 atom stereocenters. The predicted octanol–water partition coefficient (Wildman–Crippen LogP) is 6.05. The molecular weight excluding hydrogens is 703 g/mol. The molecule has 0 radical (unpaired) electrons. The molecule has 4 aliphatic rings. The summed E-state index contributed by atoms with van der Waals surface area (Å²) in [4.78, 5) is 63.7. The Morgan fingerprint density at radius 3 is 2.42 bits per heavy atom. The lowest BCUT2D eigenvalue weighted by Gasteiger charge is -2.36. The molecule has 1 saturated heterocycles. The number of nitrogens with zero attached hydrogens (tertiary/aromatic N) is 2. The Morgan fingerprint density at radius 2 is 1.79 bits per heavy atom. The average Bonchev–Trinajstić information content (AvgIpc) is 3.94. The van der Waals surface area contributed by atoms with Gasteiger partial charge in [0.25, 0.3) is 5.91 Å². The molecule has 2 aromatic carbocycles. The third-order valence-corrected chi connectivity index (χ3v) is 10.8. The van der Waals surface area contributed by atoms with Crippen molar-refractivity contribution in [3.05, 3.63) is 64.2 Å². The maximum absolute atomic E-state index is 14.5. The third-order valence-electron chi connectivity index (χ3n) is 10.4. The van der Waals surface area contributed by atoms with Gasteiger partial charge in [0.2, 0.25) is 11.8 Å². The van der Waals surface area contributed by atoms with E-state index in [1.54, 1.807) is 32.9 Å². The average molecular weight is 748 g/mol. The number of nitrogens with one attached hydrogen (secondary N) is 3. The lowest BCUT2D eigenvalue weighted by Crippen LogP contribution is -2.58. The van der Waals surface area contributed by atoms with Crippen LogP contribution in [0.4, 0.5) is 23.7 Å². The standard InChI is InChI=1S/C37H45ClF3N5O6/c1-5-23-16-36(23,33(49)44-51-20-21-12-13-21)43-31(47)29-15-26(52-34(50)45-17-22-8-6-11-28(38)27(22)19-45)18-46(29)32(48)30(35(2,3)4)42-25-10-7-9-24(14-25)37(39,40)41/h6-11,14,21,23,26,29-30,42H,5,12-13,15-20H2,1-4H3,(H,43,47)(H,44,49)/t23-,26-,29+,30-,36-/m1/s1. The van der Waals surface area contributed by atoms with Crippen LogP contribution in [0.3, 0.4) is 0 Å². The number of amides is 4. The van der Waals surface area contributed by atoms with E-state index < -0.39 is 64.7 Å². The van der Waals surface area contributed by atoms with Gasteiger partial charge in [0, 0.05) is 23.7 Å². The van der Waals surface area contributed by atoms with Crippen molar-refractivity contribution in [1.82, 2.24) is 20.6 Å². The summed E-state index contributed by atoms with van der Waals surface area (Å²) in [5.74, 6) is -1.41. The molecule has 0 aromatic heterocycles. The number of alkyl halides is 3. The smallest absolute Gasteiger partial charge is 0.416 e. The van der Waals surface area contributed by atoms with E-state index in [-0.39, 0.29) is 37.7 Å². The number of hydrogen-bond donors (Lipinski definition) is 3. The first-order chi connectivity index (χ1) is 24.5. The topological polar surface area (TPSA) is 129 Å². The highest BCUT2D eigenvalue weighted by Crippen LogP contribution is 2.46. The minimum Gasteiger partial charge on any atom is -0.444 e. The summed E-state index contributed by atoms with van der Waals surface area (Å²) < 4.78 is 46.6. The summed E-state index contributed by atoms with van der Waals surface area (Å²) in [6, 6.07) is 7.73. The fourth-order valence-electron chi connectivity index (χ4n) is 7.08. The largest absolute Gasteiger partial charge is 0.444 e. The van der Waals surface area contributed by atoms with E-state index in [0.29, 0.717) is 30.4 Å². The molecule has 11 nitrogen and oxygen atoms in total. The molecule has 2 aromatic rings. The van der Waals surface area contributed by atoms with Crippen LogP contribution in [0.1, 0.15) is 76.5 Å². The lowest BCUT2D eigenvalue weighted by molar-refractivity contribution is -0.144. The maximum Gasteiger partial charge on any atom is 0.416 e. The third kappa shape index (κ3) is 8.12. The van der Waals surface area contributed by atoms with Gasteiger partial charge in [-0.3, -0.25) is 24.1 Å². The summed E-state index contributed by atoms with van der Waals surface area (Å²) in [5.41, 5.74) is 1.32. The second-order valence-electron chi connectivity index (χ2n) is 15.5. The normalized spacial score (nSPS) is 24.6. The molecule has 282 valence electrons. The minimum atomic E-state index is -4.60. The van der Waals surface area contributed by atoms with Gasteiger partial charge in [-0.15, -0.1) is 0 Å². The number of hydroxylamine groups is 1. The molecule has 3 fully saturated rings. The number of likely N-dealkylation sites (tertiary alicyclic amines) is 1. The van der Waals surface area contributed by atoms with Crippen molar-refractivity contribution < 1.29 is 41.9 Å². The van der Waals surface area contributed by atoms with Crippen molar-refractivity contribution in [2.75, 3.05) is 18.5 Å². The van der Waals surface area contributed by atoms with Gasteiger partial charge in [0.1, 0.15) is 23.7 Å². The SMILES string of the molecule is CC[C@@H]1C[C@]1(NC(=O)[C@@H]1C[C@@H](OC(=O)N2Cc3cccc(Cl)c3C2)CN1C(=O)[C@@H](Nc1cccc(C(F)(F)F)c1)C(C)(C)C)C(=O)NOCC1CC1. The van der Waals surface area contributed by atoms with Crippen LogP contribution in [0, 0.1) is 17.3 Å². The number of benzene rings is 2. The van der Waals surface area contributed by atoms with Crippen LogP contribution in [-0.4, -0.2) is 70.5 Å². The monoisotopic (exact) mass is 747 g/mol. The first kappa shape index (κ1) is 37.7. The Bertz CT molecular complexity index is 1720. The quantitative estimate of drug-likeness (QED) is 0.239. The van der Waals surface area contributed by atoms with Gasteiger partial charge in [0.15, 0.2) is 0 Å². The molecule has 0 spiro atoms. The van der Waals surface area contributed by atoms with E-state index in [9.17, 15) is 32.3 Å². The summed E-state index contributed by atoms with van der Waals surface area (Å²) in [5, 5.41) is 6.43. The van der Waals surface area contributed by atoms with Crippen LogP contribution in [0.5, 0.6) is 0 Å². The van der Waals surface area contributed by atoms with Crippen LogP contribution in [0.15, 0.2) is 42.5 Å².